The van der Waals surface area contributed by atoms with E-state index in [0.29, 0.717) is 5.95 Å². The van der Waals surface area contributed by atoms with Crippen LogP contribution in [0, 0.1) is 6.92 Å². The highest BCUT2D eigenvalue weighted by atomic mass is 79.9. The Balaban J connectivity index is 2.07. The number of halogens is 1. The van der Waals surface area contributed by atoms with Crippen molar-refractivity contribution in [2.45, 2.75) is 0 Å². The zero-order chi connectivity index (χ0) is 15.7. The van der Waals surface area contributed by atoms with E-state index >= 15 is 0 Å². The first-order valence-electron chi connectivity index (χ1n) is 6.87. The molecular weight excluding hydrogens is 340 g/mol. The third-order valence-electron chi connectivity index (χ3n) is 3.29. The minimum absolute atomic E-state index is 0.569. The van der Waals surface area contributed by atoms with E-state index in [-0.39, 0.29) is 0 Å². The molecule has 0 saturated heterocycles. The van der Waals surface area contributed by atoms with Crippen LogP contribution in [-0.4, -0.2) is 24.1 Å². The summed E-state index contributed by atoms with van der Waals surface area (Å²) < 4.78 is 0.933. The topological polar surface area (TPSA) is 41.1 Å². The fraction of sp³-hybridized carbons (Fsp3) is 0.118. The molecule has 0 amide bonds. The summed E-state index contributed by atoms with van der Waals surface area (Å²) in [6.07, 6.45) is 0. The third-order valence-corrected chi connectivity index (χ3v) is 3.94. The molecule has 1 aromatic heterocycles. The SMILES string of the molecule is [CH2]c1ccc(Nc2nc(N(C)C)c3ccccc3n2)c(Br)c1. The Hall–Kier alpha value is -2.14. The molecule has 0 aliphatic rings. The maximum atomic E-state index is 4.63. The second-order valence-electron chi connectivity index (χ2n) is 5.22. The van der Waals surface area contributed by atoms with E-state index in [1.807, 2.05) is 61.5 Å². The molecule has 1 N–H and O–H groups in total. The summed E-state index contributed by atoms with van der Waals surface area (Å²) >= 11 is 3.53. The molecule has 0 aliphatic heterocycles. The molecule has 3 rings (SSSR count). The first kappa shape index (κ1) is 14.8. The van der Waals surface area contributed by atoms with E-state index in [1.54, 1.807) is 0 Å². The van der Waals surface area contributed by atoms with Crippen molar-refractivity contribution in [2.24, 2.45) is 0 Å². The van der Waals surface area contributed by atoms with Crippen molar-refractivity contribution in [1.29, 1.82) is 0 Å². The molecule has 22 heavy (non-hydrogen) atoms. The fourth-order valence-electron chi connectivity index (χ4n) is 2.24. The highest BCUT2D eigenvalue weighted by Crippen LogP contribution is 2.28. The number of fused-ring (bicyclic) bond motifs is 1. The van der Waals surface area contributed by atoms with Gasteiger partial charge < -0.3 is 10.2 Å². The predicted molar refractivity (Wildman–Crippen MR) is 95.7 cm³/mol. The van der Waals surface area contributed by atoms with Crippen LogP contribution < -0.4 is 10.2 Å². The number of para-hydroxylation sites is 1. The maximum absolute atomic E-state index is 4.63. The van der Waals surface area contributed by atoms with Crippen molar-refractivity contribution in [1.82, 2.24) is 9.97 Å². The monoisotopic (exact) mass is 355 g/mol. The van der Waals surface area contributed by atoms with Crippen LogP contribution in [-0.2, 0) is 0 Å². The summed E-state index contributed by atoms with van der Waals surface area (Å²) in [5.74, 6) is 1.46. The lowest BCUT2D eigenvalue weighted by Crippen LogP contribution is -2.13. The molecule has 111 valence electrons. The average Bonchev–Trinajstić information content (AvgIpc) is 2.49. The number of benzene rings is 2. The Kier molecular flexibility index (Phi) is 3.98. The van der Waals surface area contributed by atoms with Crippen LogP contribution in [0.1, 0.15) is 5.56 Å². The molecule has 0 spiro atoms. The Labute approximate surface area is 138 Å². The molecule has 1 radical (unpaired) electrons. The molecule has 0 unspecified atom stereocenters. The Morgan fingerprint density at radius 2 is 1.86 bits per heavy atom. The summed E-state index contributed by atoms with van der Waals surface area (Å²) in [6, 6.07) is 13.9. The smallest absolute Gasteiger partial charge is 0.229 e. The summed E-state index contributed by atoms with van der Waals surface area (Å²) in [4.78, 5) is 11.2. The molecule has 0 atom stereocenters. The zero-order valence-corrected chi connectivity index (χ0v) is 14.1. The van der Waals surface area contributed by atoms with E-state index in [9.17, 15) is 0 Å². The van der Waals surface area contributed by atoms with Crippen LogP contribution >= 0.6 is 15.9 Å². The van der Waals surface area contributed by atoms with Crippen molar-refractivity contribution in [3.63, 3.8) is 0 Å². The van der Waals surface area contributed by atoms with Gasteiger partial charge in [0.25, 0.3) is 0 Å². The number of aromatic nitrogens is 2. The lowest BCUT2D eigenvalue weighted by atomic mass is 10.2. The normalized spacial score (nSPS) is 10.7. The largest absolute Gasteiger partial charge is 0.362 e. The van der Waals surface area contributed by atoms with E-state index in [2.05, 4.69) is 38.1 Å². The molecule has 4 nitrogen and oxygen atoms in total. The van der Waals surface area contributed by atoms with E-state index < -0.39 is 0 Å². The number of hydrogen-bond donors (Lipinski definition) is 1. The lowest BCUT2D eigenvalue weighted by Gasteiger charge is -2.16. The standard InChI is InChI=1S/C17H16BrN4/c1-11-8-9-15(13(18)10-11)20-17-19-14-7-5-4-6-12(14)16(21-17)22(2)3/h4-10H,1H2,2-3H3,(H,19,20,21). The molecule has 0 bridgehead atoms. The number of hydrogen-bond acceptors (Lipinski definition) is 4. The predicted octanol–water partition coefficient (Wildman–Crippen LogP) is 4.38. The van der Waals surface area contributed by atoms with Gasteiger partial charge in [-0.15, -0.1) is 0 Å². The van der Waals surface area contributed by atoms with Gasteiger partial charge in [0.15, 0.2) is 0 Å². The van der Waals surface area contributed by atoms with Gasteiger partial charge >= 0.3 is 0 Å². The minimum Gasteiger partial charge on any atom is -0.362 e. The van der Waals surface area contributed by atoms with Gasteiger partial charge in [-0.2, -0.15) is 4.98 Å². The van der Waals surface area contributed by atoms with Crippen LogP contribution in [0.5, 0.6) is 0 Å². The Bertz CT molecular complexity index is 830. The summed E-state index contributed by atoms with van der Waals surface area (Å²) in [7, 11) is 3.96. The van der Waals surface area contributed by atoms with Crippen molar-refractivity contribution >= 4 is 44.3 Å². The lowest BCUT2D eigenvalue weighted by molar-refractivity contribution is 1.06. The number of rotatable bonds is 3. The van der Waals surface area contributed by atoms with Gasteiger partial charge in [-0.25, -0.2) is 4.98 Å². The van der Waals surface area contributed by atoms with Crippen LogP contribution in [0.15, 0.2) is 46.9 Å². The summed E-state index contributed by atoms with van der Waals surface area (Å²) in [5.41, 5.74) is 2.77. The van der Waals surface area contributed by atoms with Crippen molar-refractivity contribution < 1.29 is 0 Å². The van der Waals surface area contributed by atoms with Crippen LogP contribution in [0.4, 0.5) is 17.5 Å². The molecule has 0 aliphatic carbocycles. The number of anilines is 3. The van der Waals surface area contributed by atoms with Gasteiger partial charge in [0, 0.05) is 24.0 Å². The summed E-state index contributed by atoms with van der Waals surface area (Å²) in [5, 5.41) is 4.30. The first-order chi connectivity index (χ1) is 10.5. The molecule has 2 aromatic carbocycles. The number of nitrogens with zero attached hydrogens (tertiary/aromatic N) is 3. The molecule has 1 heterocycles. The van der Waals surface area contributed by atoms with Gasteiger partial charge in [0.1, 0.15) is 5.82 Å². The molecule has 3 aromatic rings. The highest BCUT2D eigenvalue weighted by Gasteiger charge is 2.10. The number of nitrogens with one attached hydrogen (secondary N) is 1. The van der Waals surface area contributed by atoms with Crippen LogP contribution in [0.25, 0.3) is 10.9 Å². The third kappa shape index (κ3) is 2.90. The first-order valence-corrected chi connectivity index (χ1v) is 7.66. The Morgan fingerprint density at radius 1 is 1.09 bits per heavy atom. The van der Waals surface area contributed by atoms with Gasteiger partial charge in [-0.1, -0.05) is 18.2 Å². The van der Waals surface area contributed by atoms with Gasteiger partial charge in [-0.3, -0.25) is 0 Å². The van der Waals surface area contributed by atoms with E-state index in [4.69, 9.17) is 0 Å². The second-order valence-corrected chi connectivity index (χ2v) is 6.08. The second kappa shape index (κ2) is 5.93. The fourth-order valence-corrected chi connectivity index (χ4v) is 2.76. The average molecular weight is 356 g/mol. The highest BCUT2D eigenvalue weighted by molar-refractivity contribution is 9.10. The Morgan fingerprint density at radius 3 is 2.59 bits per heavy atom. The van der Waals surface area contributed by atoms with Crippen molar-refractivity contribution in [2.75, 3.05) is 24.3 Å². The molecule has 5 heteroatoms. The minimum atomic E-state index is 0.569. The van der Waals surface area contributed by atoms with E-state index in [1.165, 1.54) is 0 Å². The quantitative estimate of drug-likeness (QED) is 0.756. The molecule has 0 saturated carbocycles. The van der Waals surface area contributed by atoms with Gasteiger partial charge in [0.2, 0.25) is 5.95 Å². The molecular formula is C17H16BrN4. The van der Waals surface area contributed by atoms with Crippen molar-refractivity contribution in [3.8, 4) is 0 Å². The van der Waals surface area contributed by atoms with Gasteiger partial charge in [0.05, 0.1) is 11.2 Å². The zero-order valence-electron chi connectivity index (χ0n) is 12.5. The van der Waals surface area contributed by atoms with Gasteiger partial charge in [-0.05, 0) is 52.7 Å². The van der Waals surface area contributed by atoms with Crippen molar-refractivity contribution in [3.05, 3.63) is 59.4 Å². The molecule has 0 fully saturated rings. The summed E-state index contributed by atoms with van der Waals surface area (Å²) in [6.45, 7) is 3.91. The van der Waals surface area contributed by atoms with Crippen LogP contribution in [0.2, 0.25) is 0 Å². The maximum Gasteiger partial charge on any atom is 0.229 e. The van der Waals surface area contributed by atoms with E-state index in [0.717, 1.165) is 32.4 Å². The van der Waals surface area contributed by atoms with Crippen LogP contribution in [0.3, 0.4) is 0 Å².